The van der Waals surface area contributed by atoms with Crippen LogP contribution in [0.5, 0.6) is 0 Å². The Hall–Kier alpha value is -3.25. The molecule has 0 saturated carbocycles. The SMILES string of the molecule is CCC(C)NC(=O)c1cc(-c2ccccc2F)n2nc(-c3ccc(Cl)cc3)cc2n1. The molecule has 0 aliphatic rings. The second kappa shape index (κ2) is 8.24. The lowest BCUT2D eigenvalue weighted by Crippen LogP contribution is -2.32. The third kappa shape index (κ3) is 3.91. The van der Waals surface area contributed by atoms with Gasteiger partial charge in [-0.05, 0) is 43.7 Å². The smallest absolute Gasteiger partial charge is 0.270 e. The van der Waals surface area contributed by atoms with Gasteiger partial charge in [0.05, 0.1) is 11.4 Å². The van der Waals surface area contributed by atoms with Crippen molar-refractivity contribution < 1.29 is 9.18 Å². The molecule has 0 bridgehead atoms. The lowest BCUT2D eigenvalue weighted by atomic mass is 10.1. The Morgan fingerprint density at radius 1 is 1.17 bits per heavy atom. The Balaban J connectivity index is 1.90. The van der Waals surface area contributed by atoms with Gasteiger partial charge in [-0.25, -0.2) is 13.9 Å². The highest BCUT2D eigenvalue weighted by molar-refractivity contribution is 6.30. The van der Waals surface area contributed by atoms with Crippen LogP contribution in [-0.4, -0.2) is 26.5 Å². The summed E-state index contributed by atoms with van der Waals surface area (Å²) in [5.41, 5.74) is 2.95. The number of fused-ring (bicyclic) bond motifs is 1. The number of hydrogen-bond donors (Lipinski definition) is 1. The highest BCUT2D eigenvalue weighted by atomic mass is 35.5. The predicted molar refractivity (Wildman–Crippen MR) is 116 cm³/mol. The number of halogens is 2. The molecule has 0 saturated heterocycles. The van der Waals surface area contributed by atoms with Crippen LogP contribution in [0.2, 0.25) is 5.02 Å². The maximum atomic E-state index is 14.6. The molecule has 0 spiro atoms. The first-order valence-corrected chi connectivity index (χ1v) is 10.1. The first-order chi connectivity index (χ1) is 14.5. The van der Waals surface area contributed by atoms with E-state index < -0.39 is 5.82 Å². The summed E-state index contributed by atoms with van der Waals surface area (Å²) in [5.74, 6) is -0.708. The summed E-state index contributed by atoms with van der Waals surface area (Å²) < 4.78 is 16.2. The summed E-state index contributed by atoms with van der Waals surface area (Å²) >= 11 is 5.99. The molecule has 1 unspecified atom stereocenters. The van der Waals surface area contributed by atoms with Crippen LogP contribution >= 0.6 is 11.6 Å². The average molecular weight is 423 g/mol. The van der Waals surface area contributed by atoms with E-state index in [1.807, 2.05) is 26.0 Å². The second-order valence-electron chi connectivity index (χ2n) is 7.10. The van der Waals surface area contributed by atoms with Crippen LogP contribution in [0.1, 0.15) is 30.8 Å². The molecular formula is C23H20ClFN4O. The number of hydrogen-bond acceptors (Lipinski definition) is 3. The summed E-state index contributed by atoms with van der Waals surface area (Å²) in [7, 11) is 0. The third-order valence-electron chi connectivity index (χ3n) is 4.94. The van der Waals surface area contributed by atoms with Gasteiger partial charge in [-0.2, -0.15) is 5.10 Å². The minimum absolute atomic E-state index is 0.00183. The van der Waals surface area contributed by atoms with E-state index in [0.717, 1.165) is 12.0 Å². The Kier molecular flexibility index (Phi) is 5.50. The first-order valence-electron chi connectivity index (χ1n) is 9.68. The van der Waals surface area contributed by atoms with Crippen LogP contribution in [-0.2, 0) is 0 Å². The van der Waals surface area contributed by atoms with E-state index in [9.17, 15) is 9.18 Å². The second-order valence-corrected chi connectivity index (χ2v) is 7.53. The molecule has 1 N–H and O–H groups in total. The molecule has 7 heteroatoms. The fourth-order valence-electron chi connectivity index (χ4n) is 3.11. The zero-order chi connectivity index (χ0) is 21.3. The van der Waals surface area contributed by atoms with Gasteiger partial charge in [-0.1, -0.05) is 42.8 Å². The van der Waals surface area contributed by atoms with E-state index in [1.165, 1.54) is 6.07 Å². The summed E-state index contributed by atoms with van der Waals surface area (Å²) in [6, 6.07) is 17.0. The maximum absolute atomic E-state index is 14.6. The normalized spacial score (nSPS) is 12.1. The zero-order valence-corrected chi connectivity index (χ0v) is 17.3. The largest absolute Gasteiger partial charge is 0.348 e. The van der Waals surface area contributed by atoms with Gasteiger partial charge in [-0.3, -0.25) is 4.79 Å². The molecule has 1 amide bonds. The van der Waals surface area contributed by atoms with Crippen LogP contribution in [0.15, 0.2) is 60.7 Å². The van der Waals surface area contributed by atoms with Gasteiger partial charge < -0.3 is 5.32 Å². The molecule has 0 fully saturated rings. The molecule has 4 rings (SSSR count). The average Bonchev–Trinajstić information content (AvgIpc) is 3.18. The van der Waals surface area contributed by atoms with Crippen molar-refractivity contribution in [1.82, 2.24) is 19.9 Å². The predicted octanol–water partition coefficient (Wildman–Crippen LogP) is 5.38. The summed E-state index contributed by atoms with van der Waals surface area (Å²) in [5, 5.41) is 8.15. The topological polar surface area (TPSA) is 59.3 Å². The highest BCUT2D eigenvalue weighted by Gasteiger charge is 2.18. The van der Waals surface area contributed by atoms with E-state index in [2.05, 4.69) is 15.4 Å². The van der Waals surface area contributed by atoms with Crippen LogP contribution in [0, 0.1) is 5.82 Å². The number of rotatable bonds is 5. The molecule has 1 atom stereocenters. The number of nitrogens with zero attached hydrogens (tertiary/aromatic N) is 3. The molecule has 2 aromatic carbocycles. The first kappa shape index (κ1) is 20.0. The quantitative estimate of drug-likeness (QED) is 0.469. The monoisotopic (exact) mass is 422 g/mol. The molecule has 2 aromatic heterocycles. The van der Waals surface area contributed by atoms with Crippen molar-refractivity contribution >= 4 is 23.2 Å². The fraction of sp³-hybridized carbons (Fsp3) is 0.174. The fourth-order valence-corrected chi connectivity index (χ4v) is 3.24. The number of amides is 1. The minimum Gasteiger partial charge on any atom is -0.348 e. The number of carbonyl (C=O) groups is 1. The van der Waals surface area contributed by atoms with E-state index in [1.54, 1.807) is 47.0 Å². The van der Waals surface area contributed by atoms with Crippen LogP contribution in [0.25, 0.3) is 28.2 Å². The molecule has 0 radical (unpaired) electrons. The lowest BCUT2D eigenvalue weighted by Gasteiger charge is -2.12. The van der Waals surface area contributed by atoms with Gasteiger partial charge in [0.2, 0.25) is 0 Å². The van der Waals surface area contributed by atoms with Crippen LogP contribution < -0.4 is 5.32 Å². The number of aromatic nitrogens is 3. The molecule has 5 nitrogen and oxygen atoms in total. The van der Waals surface area contributed by atoms with Crippen molar-refractivity contribution in [3.8, 4) is 22.5 Å². The van der Waals surface area contributed by atoms with Gasteiger partial charge in [0, 0.05) is 28.3 Å². The number of carbonyl (C=O) groups excluding carboxylic acids is 1. The van der Waals surface area contributed by atoms with E-state index in [-0.39, 0.29) is 17.6 Å². The number of benzene rings is 2. The Morgan fingerprint density at radius 2 is 1.90 bits per heavy atom. The lowest BCUT2D eigenvalue weighted by molar-refractivity contribution is 0.0934. The molecule has 0 aliphatic carbocycles. The minimum atomic E-state index is -0.401. The van der Waals surface area contributed by atoms with Crippen molar-refractivity contribution in [2.24, 2.45) is 0 Å². The van der Waals surface area contributed by atoms with Crippen LogP contribution in [0.3, 0.4) is 0 Å². The Morgan fingerprint density at radius 3 is 2.60 bits per heavy atom. The van der Waals surface area contributed by atoms with Crippen molar-refractivity contribution in [2.75, 3.05) is 0 Å². The van der Waals surface area contributed by atoms with Crippen molar-refractivity contribution in [3.63, 3.8) is 0 Å². The van der Waals surface area contributed by atoms with Gasteiger partial charge in [-0.15, -0.1) is 0 Å². The summed E-state index contributed by atoms with van der Waals surface area (Å²) in [4.78, 5) is 17.2. The number of nitrogens with one attached hydrogen (secondary N) is 1. The van der Waals surface area contributed by atoms with Crippen molar-refractivity contribution in [2.45, 2.75) is 26.3 Å². The van der Waals surface area contributed by atoms with Gasteiger partial charge in [0.15, 0.2) is 5.65 Å². The van der Waals surface area contributed by atoms with Gasteiger partial charge in [0.1, 0.15) is 11.5 Å². The van der Waals surface area contributed by atoms with E-state index >= 15 is 0 Å². The van der Waals surface area contributed by atoms with Gasteiger partial charge in [0.25, 0.3) is 5.91 Å². The zero-order valence-electron chi connectivity index (χ0n) is 16.6. The maximum Gasteiger partial charge on any atom is 0.270 e. The third-order valence-corrected chi connectivity index (χ3v) is 5.19. The van der Waals surface area contributed by atoms with Crippen molar-refractivity contribution in [1.29, 1.82) is 0 Å². The molecule has 152 valence electrons. The summed E-state index contributed by atoms with van der Waals surface area (Å²) in [6.45, 7) is 3.91. The molecule has 0 aliphatic heterocycles. The standard InChI is InChI=1S/C23H20ClFN4O/c1-3-14(2)26-23(30)20-12-21(17-6-4-5-7-18(17)25)29-22(27-20)13-19(28-29)15-8-10-16(24)11-9-15/h4-14H,3H2,1-2H3,(H,26,30). The molecule has 2 heterocycles. The summed E-state index contributed by atoms with van der Waals surface area (Å²) in [6.07, 6.45) is 0.793. The van der Waals surface area contributed by atoms with Crippen molar-refractivity contribution in [3.05, 3.63) is 77.2 Å². The Bertz CT molecular complexity index is 1220. The van der Waals surface area contributed by atoms with E-state index in [0.29, 0.717) is 27.6 Å². The van der Waals surface area contributed by atoms with Gasteiger partial charge >= 0.3 is 0 Å². The highest BCUT2D eigenvalue weighted by Crippen LogP contribution is 2.27. The molecular weight excluding hydrogens is 403 g/mol. The van der Waals surface area contributed by atoms with E-state index in [4.69, 9.17) is 11.6 Å². The molecule has 4 aromatic rings. The molecule has 30 heavy (non-hydrogen) atoms. The Labute approximate surface area is 178 Å². The van der Waals surface area contributed by atoms with Crippen LogP contribution in [0.4, 0.5) is 4.39 Å².